The monoisotopic (exact) mass is 463 g/mol. The van der Waals surface area contributed by atoms with E-state index in [4.69, 9.17) is 5.73 Å². The molecule has 25 heavy (non-hydrogen) atoms. The molecule has 1 fully saturated rings. The Balaban J connectivity index is 0.00000312. The Labute approximate surface area is 167 Å². The van der Waals surface area contributed by atoms with Crippen LogP contribution in [0.15, 0.2) is 29.3 Å². The van der Waals surface area contributed by atoms with Gasteiger partial charge in [0.25, 0.3) is 0 Å². The molecular weight excluding hydrogens is 432 g/mol. The molecule has 0 bridgehead atoms. The quantitative estimate of drug-likeness (QED) is 0.283. The third-order valence-corrected chi connectivity index (χ3v) is 4.15. The standard InChI is InChI=1S/C18H30FN5.HI/c1-15(2)14-22-18(20)21-8-5-9-23-10-12-24(13-11-23)17-7-4-3-6-16(17)19;/h3-4,6-7,15H,5,8-14H2,1-2H3,(H3,20,21,22);1H. The first-order valence-corrected chi connectivity index (χ1v) is 8.82. The second-order valence-electron chi connectivity index (χ2n) is 6.68. The van der Waals surface area contributed by atoms with Gasteiger partial charge in [0.1, 0.15) is 5.82 Å². The van der Waals surface area contributed by atoms with Crippen LogP contribution >= 0.6 is 24.0 Å². The average molecular weight is 463 g/mol. The summed E-state index contributed by atoms with van der Waals surface area (Å²) in [6.45, 7) is 10.5. The maximum Gasteiger partial charge on any atom is 0.188 e. The number of aliphatic imine (C=N–C) groups is 1. The molecule has 3 N–H and O–H groups in total. The van der Waals surface area contributed by atoms with Crippen molar-refractivity contribution in [2.45, 2.75) is 20.3 Å². The normalized spacial score (nSPS) is 16.0. The highest BCUT2D eigenvalue weighted by molar-refractivity contribution is 14.0. The Kier molecular flexibility index (Phi) is 10.1. The third-order valence-electron chi connectivity index (χ3n) is 4.15. The number of hydrogen-bond acceptors (Lipinski definition) is 3. The molecular formula is C18H31FIN5. The molecule has 2 rings (SSSR count). The Morgan fingerprint density at radius 3 is 2.56 bits per heavy atom. The van der Waals surface area contributed by atoms with Crippen LogP contribution in [-0.4, -0.2) is 56.7 Å². The van der Waals surface area contributed by atoms with E-state index in [1.165, 1.54) is 6.07 Å². The lowest BCUT2D eigenvalue weighted by Gasteiger charge is -2.36. The molecule has 0 atom stereocenters. The van der Waals surface area contributed by atoms with Gasteiger partial charge in [0.05, 0.1) is 5.69 Å². The number of nitrogens with one attached hydrogen (secondary N) is 1. The van der Waals surface area contributed by atoms with Crippen LogP contribution in [0.3, 0.4) is 0 Å². The van der Waals surface area contributed by atoms with Crippen molar-refractivity contribution in [2.75, 3.05) is 50.7 Å². The van der Waals surface area contributed by atoms with Crippen molar-refractivity contribution in [1.82, 2.24) is 10.2 Å². The van der Waals surface area contributed by atoms with Crippen molar-refractivity contribution in [2.24, 2.45) is 16.6 Å². The van der Waals surface area contributed by atoms with Crippen molar-refractivity contribution in [3.8, 4) is 0 Å². The fourth-order valence-corrected chi connectivity index (χ4v) is 2.78. The zero-order chi connectivity index (χ0) is 17.4. The SMILES string of the molecule is CC(C)CN=C(N)NCCCN1CCN(c2ccccc2F)CC1.I. The number of benzene rings is 1. The second-order valence-corrected chi connectivity index (χ2v) is 6.68. The van der Waals surface area contributed by atoms with Crippen molar-refractivity contribution in [3.63, 3.8) is 0 Å². The number of rotatable bonds is 7. The van der Waals surface area contributed by atoms with Gasteiger partial charge in [0, 0.05) is 39.3 Å². The lowest BCUT2D eigenvalue weighted by Crippen LogP contribution is -2.47. The largest absolute Gasteiger partial charge is 0.370 e. The van der Waals surface area contributed by atoms with Crippen molar-refractivity contribution < 1.29 is 4.39 Å². The summed E-state index contributed by atoms with van der Waals surface area (Å²) in [6.07, 6.45) is 1.03. The van der Waals surface area contributed by atoms with E-state index in [1.54, 1.807) is 6.07 Å². The maximum atomic E-state index is 13.8. The molecule has 1 saturated heterocycles. The topological polar surface area (TPSA) is 56.9 Å². The molecule has 0 saturated carbocycles. The Hall–Kier alpha value is -1.09. The number of nitrogens with two attached hydrogens (primary N) is 1. The molecule has 0 amide bonds. The minimum absolute atomic E-state index is 0. The van der Waals surface area contributed by atoms with Gasteiger partial charge in [-0.1, -0.05) is 26.0 Å². The van der Waals surface area contributed by atoms with Crippen LogP contribution in [0.1, 0.15) is 20.3 Å². The summed E-state index contributed by atoms with van der Waals surface area (Å²) in [5.41, 5.74) is 6.54. The molecule has 0 aliphatic carbocycles. The Morgan fingerprint density at radius 1 is 1.24 bits per heavy atom. The number of hydrogen-bond donors (Lipinski definition) is 2. The lowest BCUT2D eigenvalue weighted by molar-refractivity contribution is 0.254. The number of guanidine groups is 1. The molecule has 1 aromatic rings. The van der Waals surface area contributed by atoms with E-state index in [1.807, 2.05) is 12.1 Å². The zero-order valence-corrected chi connectivity index (χ0v) is 17.6. The van der Waals surface area contributed by atoms with Crippen molar-refractivity contribution in [1.29, 1.82) is 0 Å². The molecule has 7 heteroatoms. The van der Waals surface area contributed by atoms with E-state index in [2.05, 4.69) is 34.0 Å². The smallest absolute Gasteiger partial charge is 0.188 e. The van der Waals surface area contributed by atoms with Crippen molar-refractivity contribution in [3.05, 3.63) is 30.1 Å². The minimum atomic E-state index is -0.133. The summed E-state index contributed by atoms with van der Waals surface area (Å²) in [5, 5.41) is 3.16. The molecule has 0 aromatic heterocycles. The minimum Gasteiger partial charge on any atom is -0.370 e. The third kappa shape index (κ3) is 7.77. The van der Waals surface area contributed by atoms with Crippen LogP contribution in [0, 0.1) is 11.7 Å². The molecule has 1 aliphatic heterocycles. The van der Waals surface area contributed by atoms with E-state index in [0.717, 1.165) is 52.2 Å². The average Bonchev–Trinajstić information content (AvgIpc) is 2.58. The fourth-order valence-electron chi connectivity index (χ4n) is 2.78. The van der Waals surface area contributed by atoms with Gasteiger partial charge in [-0.15, -0.1) is 24.0 Å². The molecule has 0 radical (unpaired) electrons. The van der Waals surface area contributed by atoms with E-state index >= 15 is 0 Å². The summed E-state index contributed by atoms with van der Waals surface area (Å²) >= 11 is 0. The van der Waals surface area contributed by atoms with Crippen LogP contribution in [-0.2, 0) is 0 Å². The van der Waals surface area contributed by atoms with Gasteiger partial charge in [0.15, 0.2) is 5.96 Å². The predicted octanol–water partition coefficient (Wildman–Crippen LogP) is 2.52. The van der Waals surface area contributed by atoms with Gasteiger partial charge >= 0.3 is 0 Å². The number of anilines is 1. The number of piperazine rings is 1. The number of para-hydroxylation sites is 1. The van der Waals surface area contributed by atoms with Crippen LogP contribution in [0.25, 0.3) is 0 Å². The van der Waals surface area contributed by atoms with Gasteiger partial charge < -0.3 is 16.0 Å². The van der Waals surface area contributed by atoms with Crippen LogP contribution in [0.4, 0.5) is 10.1 Å². The van der Waals surface area contributed by atoms with Gasteiger partial charge in [-0.3, -0.25) is 9.89 Å². The van der Waals surface area contributed by atoms with E-state index in [0.29, 0.717) is 17.6 Å². The predicted molar refractivity (Wildman–Crippen MR) is 114 cm³/mol. The second kappa shape index (κ2) is 11.5. The number of halogens is 2. The summed E-state index contributed by atoms with van der Waals surface area (Å²) in [7, 11) is 0. The number of nitrogens with zero attached hydrogens (tertiary/aromatic N) is 3. The van der Waals surface area contributed by atoms with E-state index < -0.39 is 0 Å². The molecule has 5 nitrogen and oxygen atoms in total. The molecule has 1 heterocycles. The van der Waals surface area contributed by atoms with Gasteiger partial charge in [-0.05, 0) is 31.0 Å². The molecule has 0 unspecified atom stereocenters. The highest BCUT2D eigenvalue weighted by Crippen LogP contribution is 2.20. The van der Waals surface area contributed by atoms with Gasteiger partial charge in [-0.25, -0.2) is 4.39 Å². The molecule has 0 spiro atoms. The van der Waals surface area contributed by atoms with E-state index in [9.17, 15) is 4.39 Å². The maximum absolute atomic E-state index is 13.8. The van der Waals surface area contributed by atoms with Crippen LogP contribution in [0.5, 0.6) is 0 Å². The van der Waals surface area contributed by atoms with E-state index in [-0.39, 0.29) is 29.8 Å². The zero-order valence-electron chi connectivity index (χ0n) is 15.2. The summed E-state index contributed by atoms with van der Waals surface area (Å²) in [5.74, 6) is 0.926. The Bertz CT molecular complexity index is 530. The highest BCUT2D eigenvalue weighted by atomic mass is 127. The summed E-state index contributed by atoms with van der Waals surface area (Å²) in [4.78, 5) is 8.83. The molecule has 1 aromatic carbocycles. The van der Waals surface area contributed by atoms with Crippen molar-refractivity contribution >= 4 is 35.6 Å². The first-order chi connectivity index (χ1) is 11.6. The molecule has 1 aliphatic rings. The summed E-state index contributed by atoms with van der Waals surface area (Å²) in [6, 6.07) is 7.01. The first kappa shape index (κ1) is 22.0. The van der Waals surface area contributed by atoms with Crippen LogP contribution < -0.4 is 16.0 Å². The lowest BCUT2D eigenvalue weighted by atomic mass is 10.2. The Morgan fingerprint density at radius 2 is 1.92 bits per heavy atom. The first-order valence-electron chi connectivity index (χ1n) is 8.82. The fraction of sp³-hybridized carbons (Fsp3) is 0.611. The van der Waals surface area contributed by atoms with Gasteiger partial charge in [0.2, 0.25) is 0 Å². The molecule has 142 valence electrons. The summed E-state index contributed by atoms with van der Waals surface area (Å²) < 4.78 is 13.8. The van der Waals surface area contributed by atoms with Crippen LogP contribution in [0.2, 0.25) is 0 Å². The highest BCUT2D eigenvalue weighted by Gasteiger charge is 2.18. The van der Waals surface area contributed by atoms with Gasteiger partial charge in [-0.2, -0.15) is 0 Å².